The van der Waals surface area contributed by atoms with Gasteiger partial charge in [0.05, 0.1) is 30.4 Å². The number of carbonyl (C=O) groups excluding carboxylic acids is 2. The standard InChI is InChI=1S/C21H23FN2O4/c22-15-5-3-6-16(13-15)28-12-10-20(25)24-19-9-2-1-8-18(19)21(26)23-14-17-7-4-11-27-17/h1-3,5-6,8-9,13,17H,4,7,10-12,14H2,(H,23,26)(H,24,25). The average molecular weight is 386 g/mol. The number of para-hydroxylation sites is 1. The van der Waals surface area contributed by atoms with E-state index in [1.807, 2.05) is 0 Å². The highest BCUT2D eigenvalue weighted by molar-refractivity contribution is 6.03. The van der Waals surface area contributed by atoms with Crippen LogP contribution in [0.25, 0.3) is 0 Å². The van der Waals surface area contributed by atoms with E-state index in [0.717, 1.165) is 19.4 Å². The van der Waals surface area contributed by atoms with Crippen LogP contribution in [-0.4, -0.2) is 37.7 Å². The summed E-state index contributed by atoms with van der Waals surface area (Å²) in [6, 6.07) is 12.5. The maximum absolute atomic E-state index is 13.1. The number of rotatable bonds is 8. The second kappa shape index (κ2) is 9.85. The van der Waals surface area contributed by atoms with E-state index in [2.05, 4.69) is 10.6 Å². The number of nitrogens with one attached hydrogen (secondary N) is 2. The minimum absolute atomic E-state index is 0.0469. The maximum Gasteiger partial charge on any atom is 0.253 e. The van der Waals surface area contributed by atoms with Crippen molar-refractivity contribution < 1.29 is 23.5 Å². The van der Waals surface area contributed by atoms with Crippen molar-refractivity contribution >= 4 is 17.5 Å². The molecule has 1 saturated heterocycles. The molecule has 2 amide bonds. The molecule has 7 heteroatoms. The Labute approximate surface area is 163 Å². The third kappa shape index (κ3) is 5.79. The van der Waals surface area contributed by atoms with Crippen molar-refractivity contribution in [3.63, 3.8) is 0 Å². The molecule has 0 radical (unpaired) electrons. The minimum Gasteiger partial charge on any atom is -0.493 e. The molecular weight excluding hydrogens is 363 g/mol. The number of benzene rings is 2. The summed E-state index contributed by atoms with van der Waals surface area (Å²) in [7, 11) is 0. The van der Waals surface area contributed by atoms with Crippen LogP contribution >= 0.6 is 0 Å². The van der Waals surface area contributed by atoms with Gasteiger partial charge in [-0.2, -0.15) is 0 Å². The summed E-state index contributed by atoms with van der Waals surface area (Å²) >= 11 is 0. The fraction of sp³-hybridized carbons (Fsp3) is 0.333. The largest absolute Gasteiger partial charge is 0.493 e. The lowest BCUT2D eigenvalue weighted by molar-refractivity contribution is -0.116. The second-order valence-electron chi connectivity index (χ2n) is 6.49. The fourth-order valence-electron chi connectivity index (χ4n) is 2.93. The number of amides is 2. The molecule has 2 aromatic rings. The van der Waals surface area contributed by atoms with Gasteiger partial charge >= 0.3 is 0 Å². The Balaban J connectivity index is 1.50. The number of hydrogen-bond donors (Lipinski definition) is 2. The summed E-state index contributed by atoms with van der Waals surface area (Å²) in [6.45, 7) is 1.27. The van der Waals surface area contributed by atoms with Crippen LogP contribution in [0.15, 0.2) is 48.5 Å². The predicted molar refractivity (Wildman–Crippen MR) is 103 cm³/mol. The molecule has 0 aromatic heterocycles. The van der Waals surface area contributed by atoms with Crippen molar-refractivity contribution in [2.75, 3.05) is 25.1 Å². The van der Waals surface area contributed by atoms with E-state index in [9.17, 15) is 14.0 Å². The van der Waals surface area contributed by atoms with Gasteiger partial charge in [-0.3, -0.25) is 9.59 Å². The number of carbonyl (C=O) groups is 2. The molecule has 0 aliphatic carbocycles. The van der Waals surface area contributed by atoms with Crippen molar-refractivity contribution in [3.05, 3.63) is 59.9 Å². The summed E-state index contributed by atoms with van der Waals surface area (Å²) < 4.78 is 24.0. The van der Waals surface area contributed by atoms with Gasteiger partial charge in [0, 0.05) is 19.2 Å². The van der Waals surface area contributed by atoms with Crippen LogP contribution in [0.4, 0.5) is 10.1 Å². The monoisotopic (exact) mass is 386 g/mol. The van der Waals surface area contributed by atoms with Gasteiger partial charge in [-0.1, -0.05) is 18.2 Å². The lowest BCUT2D eigenvalue weighted by Crippen LogP contribution is -2.32. The van der Waals surface area contributed by atoms with Crippen LogP contribution in [0.1, 0.15) is 29.6 Å². The molecule has 1 aliphatic rings. The summed E-state index contributed by atoms with van der Waals surface area (Å²) in [6.07, 6.45) is 2.06. The Bertz CT molecular complexity index is 822. The molecular formula is C21H23FN2O4. The van der Waals surface area contributed by atoms with Gasteiger partial charge in [0.2, 0.25) is 5.91 Å². The van der Waals surface area contributed by atoms with E-state index in [1.165, 1.54) is 18.2 Å². The third-order valence-electron chi connectivity index (χ3n) is 4.35. The highest BCUT2D eigenvalue weighted by Crippen LogP contribution is 2.17. The number of ether oxygens (including phenoxy) is 2. The molecule has 6 nitrogen and oxygen atoms in total. The molecule has 1 fully saturated rings. The van der Waals surface area contributed by atoms with Crippen LogP contribution in [0, 0.1) is 5.82 Å². The lowest BCUT2D eigenvalue weighted by atomic mass is 10.1. The summed E-state index contributed by atoms with van der Waals surface area (Å²) in [5, 5.41) is 5.58. The molecule has 1 aliphatic heterocycles. The Morgan fingerprint density at radius 1 is 1.18 bits per heavy atom. The summed E-state index contributed by atoms with van der Waals surface area (Å²) in [4.78, 5) is 24.7. The average Bonchev–Trinajstić information content (AvgIpc) is 3.20. The first-order valence-corrected chi connectivity index (χ1v) is 9.29. The van der Waals surface area contributed by atoms with Crippen LogP contribution < -0.4 is 15.4 Å². The smallest absolute Gasteiger partial charge is 0.253 e. The molecule has 1 atom stereocenters. The van der Waals surface area contributed by atoms with E-state index >= 15 is 0 Å². The lowest BCUT2D eigenvalue weighted by Gasteiger charge is -2.14. The Morgan fingerprint density at radius 2 is 2.04 bits per heavy atom. The van der Waals surface area contributed by atoms with Gasteiger partial charge in [0.15, 0.2) is 0 Å². The first-order valence-electron chi connectivity index (χ1n) is 9.29. The predicted octanol–water partition coefficient (Wildman–Crippen LogP) is 3.14. The molecule has 2 N–H and O–H groups in total. The van der Waals surface area contributed by atoms with E-state index in [-0.39, 0.29) is 30.9 Å². The van der Waals surface area contributed by atoms with Crippen molar-refractivity contribution in [1.82, 2.24) is 5.32 Å². The molecule has 0 spiro atoms. The first kappa shape index (κ1) is 19.8. The Kier molecular flexibility index (Phi) is 6.97. The van der Waals surface area contributed by atoms with Gasteiger partial charge in [0.1, 0.15) is 11.6 Å². The minimum atomic E-state index is -0.398. The SMILES string of the molecule is O=C(CCOc1cccc(F)c1)Nc1ccccc1C(=O)NCC1CCCO1. The highest BCUT2D eigenvalue weighted by atomic mass is 19.1. The van der Waals surface area contributed by atoms with E-state index in [0.29, 0.717) is 23.5 Å². The summed E-state index contributed by atoms with van der Waals surface area (Å²) in [5.41, 5.74) is 0.822. The summed E-state index contributed by atoms with van der Waals surface area (Å²) in [5.74, 6) is -0.593. The first-order chi connectivity index (χ1) is 13.6. The van der Waals surface area contributed by atoms with Gasteiger partial charge in [0.25, 0.3) is 5.91 Å². The maximum atomic E-state index is 13.1. The van der Waals surface area contributed by atoms with E-state index < -0.39 is 5.82 Å². The number of anilines is 1. The van der Waals surface area contributed by atoms with Crippen molar-refractivity contribution in [1.29, 1.82) is 0 Å². The van der Waals surface area contributed by atoms with Crippen molar-refractivity contribution in [3.8, 4) is 5.75 Å². The Hall–Kier alpha value is -2.93. The molecule has 2 aromatic carbocycles. The molecule has 1 heterocycles. The van der Waals surface area contributed by atoms with Crippen LogP contribution in [0.5, 0.6) is 5.75 Å². The van der Waals surface area contributed by atoms with Gasteiger partial charge in [-0.15, -0.1) is 0 Å². The van der Waals surface area contributed by atoms with E-state index in [4.69, 9.17) is 9.47 Å². The topological polar surface area (TPSA) is 76.7 Å². The molecule has 0 saturated carbocycles. The molecule has 28 heavy (non-hydrogen) atoms. The van der Waals surface area contributed by atoms with E-state index in [1.54, 1.807) is 30.3 Å². The van der Waals surface area contributed by atoms with Crippen LogP contribution in [-0.2, 0) is 9.53 Å². The fourth-order valence-corrected chi connectivity index (χ4v) is 2.93. The second-order valence-corrected chi connectivity index (χ2v) is 6.49. The molecule has 1 unspecified atom stereocenters. The van der Waals surface area contributed by atoms with Gasteiger partial charge < -0.3 is 20.1 Å². The zero-order chi connectivity index (χ0) is 19.8. The van der Waals surface area contributed by atoms with Crippen molar-refractivity contribution in [2.24, 2.45) is 0 Å². The van der Waals surface area contributed by atoms with Crippen LogP contribution in [0.3, 0.4) is 0 Å². The zero-order valence-corrected chi connectivity index (χ0v) is 15.4. The molecule has 3 rings (SSSR count). The zero-order valence-electron chi connectivity index (χ0n) is 15.4. The molecule has 0 bridgehead atoms. The third-order valence-corrected chi connectivity index (χ3v) is 4.35. The number of hydrogen-bond acceptors (Lipinski definition) is 4. The normalized spacial score (nSPS) is 15.8. The molecule has 148 valence electrons. The number of halogens is 1. The Morgan fingerprint density at radius 3 is 2.82 bits per heavy atom. The van der Waals surface area contributed by atoms with Crippen molar-refractivity contribution in [2.45, 2.75) is 25.4 Å². The van der Waals surface area contributed by atoms with Gasteiger partial charge in [-0.25, -0.2) is 4.39 Å². The highest BCUT2D eigenvalue weighted by Gasteiger charge is 2.18. The quantitative estimate of drug-likeness (QED) is 0.731. The van der Waals surface area contributed by atoms with Crippen LogP contribution in [0.2, 0.25) is 0 Å². The van der Waals surface area contributed by atoms with Gasteiger partial charge in [-0.05, 0) is 37.1 Å².